The van der Waals surface area contributed by atoms with Gasteiger partial charge in [-0.1, -0.05) is 69.7 Å². The van der Waals surface area contributed by atoms with Crippen molar-refractivity contribution >= 4 is 38.3 Å². The molecule has 2 aromatic heterocycles. The zero-order chi connectivity index (χ0) is 15.8. The molecule has 0 aliphatic rings. The van der Waals surface area contributed by atoms with E-state index in [1.165, 1.54) is 15.9 Å². The van der Waals surface area contributed by atoms with Crippen LogP contribution in [0.2, 0.25) is 0 Å². The molecule has 6 heteroatoms. The average molecular weight is 384 g/mol. The van der Waals surface area contributed by atoms with Crippen molar-refractivity contribution in [3.05, 3.63) is 79.5 Å². The van der Waals surface area contributed by atoms with Crippen LogP contribution in [0.1, 0.15) is 5.56 Å². The normalized spacial score (nSPS) is 12.1. The van der Waals surface area contributed by atoms with Gasteiger partial charge >= 0.3 is 0 Å². The van der Waals surface area contributed by atoms with Gasteiger partial charge in [0.25, 0.3) is 5.56 Å². The first-order valence-corrected chi connectivity index (χ1v) is 8.54. The van der Waals surface area contributed by atoms with E-state index < -0.39 is 0 Å². The van der Waals surface area contributed by atoms with Crippen molar-refractivity contribution in [1.29, 1.82) is 0 Å². The van der Waals surface area contributed by atoms with Crippen molar-refractivity contribution in [1.82, 2.24) is 14.6 Å². The number of thiazole rings is 1. The van der Waals surface area contributed by atoms with Gasteiger partial charge in [0.1, 0.15) is 0 Å². The second-order valence-corrected chi connectivity index (χ2v) is 6.80. The Morgan fingerprint density at radius 1 is 1.04 bits per heavy atom. The Balaban J connectivity index is 1.86. The van der Waals surface area contributed by atoms with Crippen LogP contribution in [0.3, 0.4) is 0 Å². The van der Waals surface area contributed by atoms with E-state index in [0.29, 0.717) is 15.3 Å². The third-order valence-corrected chi connectivity index (χ3v) is 5.04. The third kappa shape index (κ3) is 2.60. The van der Waals surface area contributed by atoms with Crippen LogP contribution in [0.15, 0.2) is 63.9 Å². The second kappa shape index (κ2) is 5.72. The molecule has 0 spiro atoms. The van der Waals surface area contributed by atoms with E-state index in [2.05, 4.69) is 26.0 Å². The monoisotopic (exact) mass is 383 g/mol. The van der Waals surface area contributed by atoms with Crippen LogP contribution in [0.25, 0.3) is 22.4 Å². The molecule has 0 saturated carbocycles. The topological polar surface area (TPSA) is 47.3 Å². The van der Waals surface area contributed by atoms with E-state index in [0.717, 1.165) is 15.6 Å². The highest BCUT2D eigenvalue weighted by molar-refractivity contribution is 9.10. The Morgan fingerprint density at radius 3 is 2.52 bits per heavy atom. The molecule has 2 aromatic carbocycles. The standard InChI is InChI=1S/C17H10BrN3OS/c18-13-9-5-4-8-12(13)15-19-17-21(20-15)16(22)14(23-17)10-11-6-2-1-3-7-11/h1-10H. The molecule has 0 aliphatic carbocycles. The quantitative estimate of drug-likeness (QED) is 0.534. The number of fused-ring (bicyclic) bond motifs is 1. The fourth-order valence-electron chi connectivity index (χ4n) is 2.29. The lowest BCUT2D eigenvalue weighted by molar-refractivity contribution is 0.936. The minimum Gasteiger partial charge on any atom is -0.266 e. The molecule has 112 valence electrons. The molecule has 0 bridgehead atoms. The SMILES string of the molecule is O=c1c(=Cc2ccccc2)sc2nc(-c3ccccc3Br)nn12. The molecule has 0 unspecified atom stereocenters. The maximum absolute atomic E-state index is 12.5. The van der Waals surface area contributed by atoms with Gasteiger partial charge in [-0.15, -0.1) is 5.10 Å². The van der Waals surface area contributed by atoms with E-state index in [4.69, 9.17) is 0 Å². The molecule has 0 N–H and O–H groups in total. The summed E-state index contributed by atoms with van der Waals surface area (Å²) in [6, 6.07) is 17.4. The predicted molar refractivity (Wildman–Crippen MR) is 95.5 cm³/mol. The van der Waals surface area contributed by atoms with Crippen molar-refractivity contribution in [2.45, 2.75) is 0 Å². The number of benzene rings is 2. The first-order chi connectivity index (χ1) is 11.2. The summed E-state index contributed by atoms with van der Waals surface area (Å²) < 4.78 is 2.90. The molecule has 4 aromatic rings. The number of rotatable bonds is 2. The van der Waals surface area contributed by atoms with Crippen molar-refractivity contribution in [3.63, 3.8) is 0 Å². The molecular weight excluding hydrogens is 374 g/mol. The Hall–Kier alpha value is -2.31. The summed E-state index contributed by atoms with van der Waals surface area (Å²) in [4.78, 5) is 17.6. The van der Waals surface area contributed by atoms with Crippen LogP contribution < -0.4 is 10.1 Å². The van der Waals surface area contributed by atoms with E-state index >= 15 is 0 Å². The molecule has 0 aliphatic heterocycles. The number of halogens is 1. The van der Waals surface area contributed by atoms with Crippen LogP contribution >= 0.6 is 27.3 Å². The molecule has 0 fully saturated rings. The van der Waals surface area contributed by atoms with Crippen LogP contribution in [0, 0.1) is 0 Å². The van der Waals surface area contributed by atoms with Gasteiger partial charge in [-0.2, -0.15) is 9.50 Å². The zero-order valence-electron chi connectivity index (χ0n) is 11.8. The van der Waals surface area contributed by atoms with Crippen molar-refractivity contribution < 1.29 is 0 Å². The summed E-state index contributed by atoms with van der Waals surface area (Å²) in [5.41, 5.74) is 1.72. The van der Waals surface area contributed by atoms with Gasteiger partial charge in [0.15, 0.2) is 5.82 Å². The molecule has 0 saturated heterocycles. The maximum atomic E-state index is 12.5. The fourth-order valence-corrected chi connectivity index (χ4v) is 3.66. The molecule has 0 radical (unpaired) electrons. The first kappa shape index (κ1) is 14.3. The summed E-state index contributed by atoms with van der Waals surface area (Å²) in [7, 11) is 0. The Kier molecular flexibility index (Phi) is 3.55. The van der Waals surface area contributed by atoms with Gasteiger partial charge in [-0.25, -0.2) is 0 Å². The fraction of sp³-hybridized carbons (Fsp3) is 0. The number of aromatic nitrogens is 3. The van der Waals surface area contributed by atoms with Gasteiger partial charge in [-0.3, -0.25) is 4.79 Å². The summed E-state index contributed by atoms with van der Waals surface area (Å²) >= 11 is 4.83. The van der Waals surface area contributed by atoms with Crippen LogP contribution in [0.4, 0.5) is 0 Å². The first-order valence-electron chi connectivity index (χ1n) is 6.93. The minimum atomic E-state index is -0.139. The largest absolute Gasteiger partial charge is 0.291 e. The second-order valence-electron chi connectivity index (χ2n) is 4.94. The van der Waals surface area contributed by atoms with Gasteiger partial charge in [-0.05, 0) is 23.8 Å². The maximum Gasteiger partial charge on any atom is 0.291 e. The molecule has 4 nitrogen and oxygen atoms in total. The van der Waals surface area contributed by atoms with E-state index in [9.17, 15) is 4.79 Å². The van der Waals surface area contributed by atoms with E-state index in [-0.39, 0.29) is 5.56 Å². The Bertz CT molecular complexity index is 1100. The van der Waals surface area contributed by atoms with Crippen LogP contribution in [-0.4, -0.2) is 14.6 Å². The highest BCUT2D eigenvalue weighted by Crippen LogP contribution is 2.25. The lowest BCUT2D eigenvalue weighted by Crippen LogP contribution is -2.23. The summed E-state index contributed by atoms with van der Waals surface area (Å²) in [5, 5.41) is 4.36. The van der Waals surface area contributed by atoms with Gasteiger partial charge < -0.3 is 0 Å². The molecular formula is C17H10BrN3OS. The van der Waals surface area contributed by atoms with Crippen LogP contribution in [0.5, 0.6) is 0 Å². The number of hydrogen-bond donors (Lipinski definition) is 0. The summed E-state index contributed by atoms with van der Waals surface area (Å²) in [6.45, 7) is 0. The highest BCUT2D eigenvalue weighted by Gasteiger charge is 2.13. The smallest absolute Gasteiger partial charge is 0.266 e. The Labute approximate surface area is 143 Å². The van der Waals surface area contributed by atoms with Crippen molar-refractivity contribution in [3.8, 4) is 11.4 Å². The van der Waals surface area contributed by atoms with Crippen LogP contribution in [-0.2, 0) is 0 Å². The van der Waals surface area contributed by atoms with Crippen molar-refractivity contribution in [2.24, 2.45) is 0 Å². The van der Waals surface area contributed by atoms with Crippen molar-refractivity contribution in [2.75, 3.05) is 0 Å². The minimum absolute atomic E-state index is 0.139. The molecule has 0 amide bonds. The lowest BCUT2D eigenvalue weighted by Gasteiger charge is -1.97. The molecule has 4 rings (SSSR count). The molecule has 23 heavy (non-hydrogen) atoms. The third-order valence-electron chi connectivity index (χ3n) is 3.39. The predicted octanol–water partition coefficient (Wildman–Crippen LogP) is 3.13. The van der Waals surface area contributed by atoms with Gasteiger partial charge in [0, 0.05) is 10.0 Å². The highest BCUT2D eigenvalue weighted by atomic mass is 79.9. The lowest BCUT2D eigenvalue weighted by atomic mass is 10.2. The summed E-state index contributed by atoms with van der Waals surface area (Å²) in [6.07, 6.45) is 1.86. The molecule has 2 heterocycles. The van der Waals surface area contributed by atoms with Gasteiger partial charge in [0.2, 0.25) is 4.96 Å². The number of hydrogen-bond acceptors (Lipinski definition) is 4. The number of nitrogens with zero attached hydrogens (tertiary/aromatic N) is 3. The zero-order valence-corrected chi connectivity index (χ0v) is 14.2. The van der Waals surface area contributed by atoms with E-state index in [1.54, 1.807) is 0 Å². The average Bonchev–Trinajstić information content (AvgIpc) is 3.09. The van der Waals surface area contributed by atoms with Gasteiger partial charge in [0.05, 0.1) is 4.53 Å². The Morgan fingerprint density at radius 2 is 1.78 bits per heavy atom. The van der Waals surface area contributed by atoms with E-state index in [1.807, 2.05) is 60.7 Å². The summed E-state index contributed by atoms with van der Waals surface area (Å²) in [5.74, 6) is 0.548. The molecule has 0 atom stereocenters.